The molecule has 1 aromatic carbocycles. The van der Waals surface area contributed by atoms with Gasteiger partial charge >= 0.3 is 0 Å². The molecule has 18 heavy (non-hydrogen) atoms. The van der Waals surface area contributed by atoms with E-state index >= 15 is 0 Å². The number of nitro benzene ring substituents is 1. The van der Waals surface area contributed by atoms with E-state index in [2.05, 4.69) is 10.6 Å². The second-order valence-corrected chi connectivity index (χ2v) is 4.43. The predicted octanol–water partition coefficient (Wildman–Crippen LogP) is 1.82. The van der Waals surface area contributed by atoms with Crippen LogP contribution >= 0.6 is 12.2 Å². The minimum Gasteiger partial charge on any atom is -0.332 e. The van der Waals surface area contributed by atoms with Gasteiger partial charge in [-0.15, -0.1) is 0 Å². The first-order valence-electron chi connectivity index (χ1n) is 5.42. The molecule has 0 radical (unpaired) electrons. The number of carbonyl (C=O) groups excluding carboxylic acids is 1. The number of hydrogen-bond donors (Lipinski definition) is 2. The molecular formula is C11H11N3O3S. The van der Waals surface area contributed by atoms with Crippen LogP contribution in [-0.2, 0) is 4.79 Å². The molecule has 1 aliphatic carbocycles. The van der Waals surface area contributed by atoms with Gasteiger partial charge in [-0.05, 0) is 37.2 Å². The number of nitrogens with one attached hydrogen (secondary N) is 2. The van der Waals surface area contributed by atoms with Crippen LogP contribution < -0.4 is 10.6 Å². The van der Waals surface area contributed by atoms with E-state index in [0.717, 1.165) is 12.8 Å². The lowest BCUT2D eigenvalue weighted by molar-refractivity contribution is -0.384. The topological polar surface area (TPSA) is 84.3 Å². The van der Waals surface area contributed by atoms with Crippen LogP contribution in [0.15, 0.2) is 24.3 Å². The van der Waals surface area contributed by atoms with Crippen molar-refractivity contribution in [3.05, 3.63) is 34.4 Å². The zero-order valence-corrected chi connectivity index (χ0v) is 10.2. The van der Waals surface area contributed by atoms with Gasteiger partial charge in [0.2, 0.25) is 5.91 Å². The van der Waals surface area contributed by atoms with Gasteiger partial charge in [-0.25, -0.2) is 0 Å². The normalized spacial score (nSPS) is 13.8. The minimum atomic E-state index is -0.475. The SMILES string of the molecule is O=C(NC(=S)Nc1ccc([N+](=O)[O-])cc1)C1CC1. The number of hydrogen-bond acceptors (Lipinski definition) is 4. The van der Waals surface area contributed by atoms with Crippen molar-refractivity contribution in [1.82, 2.24) is 5.32 Å². The Hall–Kier alpha value is -2.02. The summed E-state index contributed by atoms with van der Waals surface area (Å²) >= 11 is 4.97. The van der Waals surface area contributed by atoms with Crippen LogP contribution in [0.4, 0.5) is 11.4 Å². The number of anilines is 1. The maximum Gasteiger partial charge on any atom is 0.269 e. The smallest absolute Gasteiger partial charge is 0.269 e. The molecule has 1 aliphatic rings. The number of carbonyl (C=O) groups is 1. The largest absolute Gasteiger partial charge is 0.332 e. The summed E-state index contributed by atoms with van der Waals surface area (Å²) in [7, 11) is 0. The zero-order chi connectivity index (χ0) is 13.1. The molecule has 0 heterocycles. The van der Waals surface area contributed by atoms with Crippen LogP contribution in [0, 0.1) is 16.0 Å². The van der Waals surface area contributed by atoms with E-state index in [1.54, 1.807) is 0 Å². The first-order valence-corrected chi connectivity index (χ1v) is 5.83. The quantitative estimate of drug-likeness (QED) is 0.494. The fourth-order valence-electron chi connectivity index (χ4n) is 1.39. The average Bonchev–Trinajstić information content (AvgIpc) is 3.13. The van der Waals surface area contributed by atoms with Crippen LogP contribution in [0.2, 0.25) is 0 Å². The molecule has 0 unspecified atom stereocenters. The van der Waals surface area contributed by atoms with Gasteiger partial charge in [0.05, 0.1) is 4.92 Å². The van der Waals surface area contributed by atoms with Crippen molar-refractivity contribution < 1.29 is 9.72 Å². The Balaban J connectivity index is 1.90. The molecule has 0 bridgehead atoms. The third-order valence-corrected chi connectivity index (χ3v) is 2.72. The van der Waals surface area contributed by atoms with Crippen LogP contribution in [0.5, 0.6) is 0 Å². The molecule has 1 amide bonds. The summed E-state index contributed by atoms with van der Waals surface area (Å²) in [5.74, 6) is 0.0102. The number of non-ortho nitro benzene ring substituents is 1. The zero-order valence-electron chi connectivity index (χ0n) is 9.38. The van der Waals surface area contributed by atoms with E-state index in [9.17, 15) is 14.9 Å². The van der Waals surface area contributed by atoms with Crippen molar-refractivity contribution in [3.8, 4) is 0 Å². The third-order valence-electron chi connectivity index (χ3n) is 2.52. The maximum atomic E-state index is 11.4. The van der Waals surface area contributed by atoms with Gasteiger partial charge in [0.1, 0.15) is 0 Å². The van der Waals surface area contributed by atoms with Crippen molar-refractivity contribution >= 4 is 34.6 Å². The Morgan fingerprint density at radius 3 is 2.44 bits per heavy atom. The first kappa shape index (κ1) is 12.4. The van der Waals surface area contributed by atoms with E-state index in [0.29, 0.717) is 5.69 Å². The summed E-state index contributed by atoms with van der Waals surface area (Å²) in [6.45, 7) is 0. The minimum absolute atomic E-state index is 0.00786. The van der Waals surface area contributed by atoms with Crippen molar-refractivity contribution in [2.75, 3.05) is 5.32 Å². The Morgan fingerprint density at radius 1 is 1.33 bits per heavy atom. The van der Waals surface area contributed by atoms with E-state index in [-0.39, 0.29) is 22.6 Å². The highest BCUT2D eigenvalue weighted by atomic mass is 32.1. The Bertz CT molecular complexity index is 497. The van der Waals surface area contributed by atoms with Gasteiger partial charge in [-0.3, -0.25) is 14.9 Å². The van der Waals surface area contributed by atoms with Gasteiger partial charge in [0.15, 0.2) is 5.11 Å². The molecule has 1 fully saturated rings. The fourth-order valence-corrected chi connectivity index (χ4v) is 1.61. The van der Waals surface area contributed by atoms with E-state index in [1.807, 2.05) is 0 Å². The molecule has 2 rings (SSSR count). The molecule has 94 valence electrons. The van der Waals surface area contributed by atoms with Crippen LogP contribution in [0.3, 0.4) is 0 Å². The van der Waals surface area contributed by atoms with Crippen molar-refractivity contribution in [2.45, 2.75) is 12.8 Å². The molecule has 0 saturated heterocycles. The van der Waals surface area contributed by atoms with Gasteiger partial charge < -0.3 is 10.6 Å². The highest BCUT2D eigenvalue weighted by molar-refractivity contribution is 7.80. The number of amides is 1. The van der Waals surface area contributed by atoms with E-state index in [4.69, 9.17) is 12.2 Å². The molecule has 0 atom stereocenters. The molecule has 6 nitrogen and oxygen atoms in total. The first-order chi connectivity index (χ1) is 8.56. The molecule has 7 heteroatoms. The highest BCUT2D eigenvalue weighted by Gasteiger charge is 2.29. The highest BCUT2D eigenvalue weighted by Crippen LogP contribution is 2.28. The summed E-state index contributed by atoms with van der Waals surface area (Å²) in [6.07, 6.45) is 1.82. The Labute approximate surface area is 109 Å². The lowest BCUT2D eigenvalue weighted by Crippen LogP contribution is -2.35. The maximum absolute atomic E-state index is 11.4. The van der Waals surface area contributed by atoms with Gasteiger partial charge in [0, 0.05) is 23.7 Å². The predicted molar refractivity (Wildman–Crippen MR) is 70.2 cm³/mol. The number of rotatable bonds is 3. The second kappa shape index (κ2) is 5.09. The van der Waals surface area contributed by atoms with Crippen LogP contribution in [0.25, 0.3) is 0 Å². The molecule has 0 aliphatic heterocycles. The molecule has 0 aromatic heterocycles. The van der Waals surface area contributed by atoms with Crippen molar-refractivity contribution in [3.63, 3.8) is 0 Å². The lowest BCUT2D eigenvalue weighted by atomic mass is 10.3. The second-order valence-electron chi connectivity index (χ2n) is 4.02. The third kappa shape index (κ3) is 3.24. The summed E-state index contributed by atoms with van der Waals surface area (Å²) in [5, 5.41) is 16.0. The summed E-state index contributed by atoms with van der Waals surface area (Å²) in [5.41, 5.74) is 0.607. The van der Waals surface area contributed by atoms with Gasteiger partial charge in [0.25, 0.3) is 5.69 Å². The Kier molecular flexibility index (Phi) is 3.52. The standard InChI is InChI=1S/C11H11N3O3S/c15-10(7-1-2-7)13-11(18)12-8-3-5-9(6-4-8)14(16)17/h3-7H,1-2H2,(H2,12,13,15,18). The monoisotopic (exact) mass is 265 g/mol. The summed E-state index contributed by atoms with van der Waals surface area (Å²) in [4.78, 5) is 21.4. The molecule has 1 saturated carbocycles. The number of thiocarbonyl (C=S) groups is 1. The molecular weight excluding hydrogens is 254 g/mol. The van der Waals surface area contributed by atoms with Gasteiger partial charge in [-0.2, -0.15) is 0 Å². The fraction of sp³-hybridized carbons (Fsp3) is 0.273. The lowest BCUT2D eigenvalue weighted by Gasteiger charge is -2.08. The van der Waals surface area contributed by atoms with E-state index in [1.165, 1.54) is 24.3 Å². The molecule has 2 N–H and O–H groups in total. The number of nitrogens with zero attached hydrogens (tertiary/aromatic N) is 1. The number of nitro groups is 1. The molecule has 1 aromatic rings. The van der Waals surface area contributed by atoms with E-state index < -0.39 is 4.92 Å². The molecule has 0 spiro atoms. The Morgan fingerprint density at radius 2 is 1.94 bits per heavy atom. The summed E-state index contributed by atoms with van der Waals surface area (Å²) < 4.78 is 0. The van der Waals surface area contributed by atoms with Crippen LogP contribution in [-0.4, -0.2) is 15.9 Å². The number of benzene rings is 1. The van der Waals surface area contributed by atoms with Crippen LogP contribution in [0.1, 0.15) is 12.8 Å². The van der Waals surface area contributed by atoms with Crippen molar-refractivity contribution in [2.24, 2.45) is 5.92 Å². The van der Waals surface area contributed by atoms with Gasteiger partial charge in [-0.1, -0.05) is 0 Å². The van der Waals surface area contributed by atoms with Crippen molar-refractivity contribution in [1.29, 1.82) is 0 Å². The summed E-state index contributed by atoms with van der Waals surface area (Å²) in [6, 6.07) is 5.81. The average molecular weight is 265 g/mol.